The van der Waals surface area contributed by atoms with Crippen LogP contribution in [0.4, 0.5) is 0 Å². The van der Waals surface area contributed by atoms with E-state index in [1.807, 2.05) is 0 Å². The minimum Gasteiger partial charge on any atom is -0.480 e. The Kier molecular flexibility index (Phi) is 4.18. The molecule has 0 fully saturated rings. The maximum absolute atomic E-state index is 12.3. The molecule has 7 heteroatoms. The third-order valence-corrected chi connectivity index (χ3v) is 4.58. The lowest BCUT2D eigenvalue weighted by Gasteiger charge is -2.23. The molecule has 0 aliphatic rings. The van der Waals surface area contributed by atoms with Gasteiger partial charge in [0.05, 0.1) is 0 Å². The van der Waals surface area contributed by atoms with Crippen molar-refractivity contribution in [3.63, 3.8) is 0 Å². The number of hydrogen-bond donors (Lipinski definition) is 1. The zero-order valence-electron chi connectivity index (χ0n) is 10.8. The number of rotatable bonds is 5. The molecule has 0 amide bonds. The standard InChI is InChI=1S/C11H17NO5S/c1-7(2)12(6-11(13)14)18(15,16)10-5-8(3)17-9(10)4/h5,7H,6H2,1-4H3,(H,13,14). The maximum Gasteiger partial charge on any atom is 0.318 e. The number of carboxylic acids is 1. The highest BCUT2D eigenvalue weighted by molar-refractivity contribution is 7.89. The molecular weight excluding hydrogens is 258 g/mol. The molecule has 1 aromatic rings. The molecule has 0 bridgehead atoms. The fourth-order valence-electron chi connectivity index (χ4n) is 1.67. The summed E-state index contributed by atoms with van der Waals surface area (Å²) in [5.74, 6) is -0.446. The van der Waals surface area contributed by atoms with Crippen LogP contribution >= 0.6 is 0 Å². The second kappa shape index (κ2) is 5.11. The maximum atomic E-state index is 12.3. The second-order valence-electron chi connectivity index (χ2n) is 4.32. The van der Waals surface area contributed by atoms with Crippen molar-refractivity contribution in [2.24, 2.45) is 0 Å². The summed E-state index contributed by atoms with van der Waals surface area (Å²) in [5, 5.41) is 8.79. The SMILES string of the molecule is Cc1cc(S(=O)(=O)N(CC(=O)O)C(C)C)c(C)o1. The smallest absolute Gasteiger partial charge is 0.318 e. The molecule has 0 aliphatic heterocycles. The first-order chi connectivity index (χ1) is 8.16. The van der Waals surface area contributed by atoms with E-state index in [0.717, 1.165) is 4.31 Å². The lowest BCUT2D eigenvalue weighted by atomic mass is 10.4. The summed E-state index contributed by atoms with van der Waals surface area (Å²) in [5.41, 5.74) is 0. The first kappa shape index (κ1) is 14.7. The fraction of sp³-hybridized carbons (Fsp3) is 0.545. The van der Waals surface area contributed by atoms with Crippen molar-refractivity contribution in [3.8, 4) is 0 Å². The van der Waals surface area contributed by atoms with E-state index in [0.29, 0.717) is 5.76 Å². The van der Waals surface area contributed by atoms with Crippen LogP contribution in [0.15, 0.2) is 15.4 Å². The number of aliphatic carboxylic acids is 1. The van der Waals surface area contributed by atoms with E-state index >= 15 is 0 Å². The summed E-state index contributed by atoms with van der Waals surface area (Å²) in [4.78, 5) is 10.8. The summed E-state index contributed by atoms with van der Waals surface area (Å²) >= 11 is 0. The lowest BCUT2D eigenvalue weighted by molar-refractivity contribution is -0.137. The van der Waals surface area contributed by atoms with Gasteiger partial charge in [-0.2, -0.15) is 4.31 Å². The van der Waals surface area contributed by atoms with Crippen LogP contribution in [0.5, 0.6) is 0 Å². The molecule has 18 heavy (non-hydrogen) atoms. The van der Waals surface area contributed by atoms with Crippen molar-refractivity contribution in [1.29, 1.82) is 0 Å². The van der Waals surface area contributed by atoms with Crippen molar-refractivity contribution < 1.29 is 22.7 Å². The van der Waals surface area contributed by atoms with Crippen LogP contribution in [-0.2, 0) is 14.8 Å². The molecule has 0 aliphatic carbocycles. The number of hydrogen-bond acceptors (Lipinski definition) is 4. The number of furan rings is 1. The van der Waals surface area contributed by atoms with Gasteiger partial charge in [0.25, 0.3) is 0 Å². The largest absolute Gasteiger partial charge is 0.480 e. The highest BCUT2D eigenvalue weighted by atomic mass is 32.2. The molecule has 1 aromatic heterocycles. The Labute approximate surface area is 106 Å². The molecule has 1 N–H and O–H groups in total. The van der Waals surface area contributed by atoms with Crippen molar-refractivity contribution in [3.05, 3.63) is 17.6 Å². The van der Waals surface area contributed by atoms with E-state index < -0.39 is 28.6 Å². The fourth-order valence-corrected chi connectivity index (χ4v) is 3.48. The van der Waals surface area contributed by atoms with Crippen molar-refractivity contribution in [2.75, 3.05) is 6.54 Å². The molecule has 0 radical (unpaired) electrons. The molecular formula is C11H17NO5S. The quantitative estimate of drug-likeness (QED) is 0.877. The monoisotopic (exact) mass is 275 g/mol. The van der Waals surface area contributed by atoms with E-state index in [1.165, 1.54) is 6.07 Å². The van der Waals surface area contributed by atoms with Crippen LogP contribution in [0.2, 0.25) is 0 Å². The van der Waals surface area contributed by atoms with Crippen molar-refractivity contribution in [2.45, 2.75) is 38.6 Å². The number of nitrogens with zero attached hydrogens (tertiary/aromatic N) is 1. The number of aryl methyl sites for hydroxylation is 2. The second-order valence-corrected chi connectivity index (χ2v) is 6.17. The summed E-state index contributed by atoms with van der Waals surface area (Å²) in [6.45, 7) is 5.87. The molecule has 1 heterocycles. The molecule has 0 saturated carbocycles. The van der Waals surface area contributed by atoms with Crippen LogP contribution in [0.1, 0.15) is 25.4 Å². The van der Waals surface area contributed by atoms with Gasteiger partial charge in [-0.25, -0.2) is 8.42 Å². The summed E-state index contributed by atoms with van der Waals surface area (Å²) in [7, 11) is -3.85. The minimum atomic E-state index is -3.85. The predicted molar refractivity (Wildman–Crippen MR) is 64.8 cm³/mol. The first-order valence-corrected chi connectivity index (χ1v) is 6.91. The van der Waals surface area contributed by atoms with Gasteiger partial charge in [0.15, 0.2) is 0 Å². The highest BCUT2D eigenvalue weighted by Crippen LogP contribution is 2.24. The van der Waals surface area contributed by atoms with Gasteiger partial charge >= 0.3 is 5.97 Å². The van der Waals surface area contributed by atoms with E-state index in [2.05, 4.69) is 0 Å². The van der Waals surface area contributed by atoms with Crippen molar-refractivity contribution >= 4 is 16.0 Å². The molecule has 6 nitrogen and oxygen atoms in total. The summed E-state index contributed by atoms with van der Waals surface area (Å²) in [6.07, 6.45) is 0. The normalized spacial score (nSPS) is 12.3. The Bertz CT molecular complexity index is 544. The minimum absolute atomic E-state index is 0.0231. The van der Waals surface area contributed by atoms with Crippen LogP contribution in [0.25, 0.3) is 0 Å². The first-order valence-electron chi connectivity index (χ1n) is 5.47. The van der Waals surface area contributed by atoms with Gasteiger partial charge in [0.1, 0.15) is 23.0 Å². The predicted octanol–water partition coefficient (Wildman–Crippen LogP) is 1.38. The third kappa shape index (κ3) is 2.91. The third-order valence-electron chi connectivity index (χ3n) is 2.45. The Morgan fingerprint density at radius 1 is 1.44 bits per heavy atom. The number of sulfonamides is 1. The Morgan fingerprint density at radius 3 is 2.33 bits per heavy atom. The molecule has 1 rings (SSSR count). The molecule has 0 aromatic carbocycles. The highest BCUT2D eigenvalue weighted by Gasteiger charge is 2.31. The lowest BCUT2D eigenvalue weighted by Crippen LogP contribution is -2.40. The van der Waals surface area contributed by atoms with Gasteiger partial charge in [-0.15, -0.1) is 0 Å². The van der Waals surface area contributed by atoms with Gasteiger partial charge in [-0.05, 0) is 33.8 Å². The van der Waals surface area contributed by atoms with E-state index in [1.54, 1.807) is 27.7 Å². The molecule has 0 unspecified atom stereocenters. The zero-order valence-corrected chi connectivity index (χ0v) is 11.6. The summed E-state index contributed by atoms with van der Waals surface area (Å²) < 4.78 is 30.8. The molecule has 0 saturated heterocycles. The van der Waals surface area contributed by atoms with Crippen LogP contribution in [0, 0.1) is 13.8 Å². The molecule has 0 atom stereocenters. The van der Waals surface area contributed by atoms with E-state index in [9.17, 15) is 13.2 Å². The molecule has 0 spiro atoms. The van der Waals surface area contributed by atoms with E-state index in [4.69, 9.17) is 9.52 Å². The Hall–Kier alpha value is -1.34. The Morgan fingerprint density at radius 2 is 2.00 bits per heavy atom. The average Bonchev–Trinajstić information content (AvgIpc) is 2.54. The van der Waals surface area contributed by atoms with Crippen molar-refractivity contribution in [1.82, 2.24) is 4.31 Å². The van der Waals surface area contributed by atoms with Crippen LogP contribution < -0.4 is 0 Å². The zero-order chi connectivity index (χ0) is 14.1. The van der Waals surface area contributed by atoms with Gasteiger partial charge in [0.2, 0.25) is 10.0 Å². The van der Waals surface area contributed by atoms with Crippen LogP contribution in [-0.4, -0.2) is 36.4 Å². The topological polar surface area (TPSA) is 87.8 Å². The van der Waals surface area contributed by atoms with Crippen LogP contribution in [0.3, 0.4) is 0 Å². The van der Waals surface area contributed by atoms with Gasteiger partial charge < -0.3 is 9.52 Å². The Balaban J connectivity index is 3.25. The van der Waals surface area contributed by atoms with E-state index in [-0.39, 0.29) is 10.7 Å². The van der Waals surface area contributed by atoms with Gasteiger partial charge in [-0.1, -0.05) is 0 Å². The number of carbonyl (C=O) groups is 1. The number of carboxylic acid groups (broad SMARTS) is 1. The summed E-state index contributed by atoms with van der Waals surface area (Å²) in [6, 6.07) is 0.961. The average molecular weight is 275 g/mol. The van der Waals surface area contributed by atoms with Gasteiger partial charge in [0, 0.05) is 6.04 Å². The van der Waals surface area contributed by atoms with Gasteiger partial charge in [-0.3, -0.25) is 4.79 Å². The molecule has 102 valence electrons.